The average molecular weight is 486 g/mol. The molecule has 2 aromatic carbocycles. The minimum atomic E-state index is -0.430. The van der Waals surface area contributed by atoms with Crippen LogP contribution in [0.2, 0.25) is 0 Å². The summed E-state index contributed by atoms with van der Waals surface area (Å²) < 4.78 is 13.8. The Balaban J connectivity index is 0.00000364. The molecule has 0 spiro atoms. The molecule has 0 aliphatic carbocycles. The van der Waals surface area contributed by atoms with Crippen molar-refractivity contribution in [1.82, 2.24) is 10.6 Å². The van der Waals surface area contributed by atoms with Gasteiger partial charge < -0.3 is 10.6 Å². The van der Waals surface area contributed by atoms with E-state index in [4.69, 9.17) is 0 Å². The van der Waals surface area contributed by atoms with Crippen molar-refractivity contribution in [1.29, 1.82) is 0 Å². The molecule has 6 nitrogen and oxygen atoms in total. The molecule has 0 aromatic heterocycles. The molecule has 2 rings (SSSR count). The first-order valence-corrected chi connectivity index (χ1v) is 8.45. The van der Waals surface area contributed by atoms with Crippen molar-refractivity contribution < 1.29 is 9.31 Å². The lowest BCUT2D eigenvalue weighted by atomic mass is 10.1. The number of hydrogen-bond donors (Lipinski definition) is 2. The Hall–Kier alpha value is -2.23. The number of non-ortho nitro benzene ring substituents is 1. The molecular formula is C19H24FIN4O2. The number of aliphatic imine (C=N–C) groups is 1. The first-order valence-electron chi connectivity index (χ1n) is 8.45. The highest BCUT2D eigenvalue weighted by molar-refractivity contribution is 14.0. The average Bonchev–Trinajstić information content (AvgIpc) is 2.62. The number of nitrogens with one attached hydrogen (secondary N) is 2. The van der Waals surface area contributed by atoms with Gasteiger partial charge >= 0.3 is 0 Å². The zero-order valence-corrected chi connectivity index (χ0v) is 17.9. The third-order valence-corrected chi connectivity index (χ3v) is 3.96. The summed E-state index contributed by atoms with van der Waals surface area (Å²) in [7, 11) is 0. The summed E-state index contributed by atoms with van der Waals surface area (Å²) in [6, 6.07) is 11.3. The fraction of sp³-hybridized carbons (Fsp3) is 0.316. The fourth-order valence-corrected chi connectivity index (χ4v) is 2.38. The summed E-state index contributed by atoms with van der Waals surface area (Å²) >= 11 is 0. The van der Waals surface area contributed by atoms with E-state index >= 15 is 0 Å². The van der Waals surface area contributed by atoms with Crippen LogP contribution in [0.1, 0.15) is 36.6 Å². The first kappa shape index (κ1) is 22.8. The molecule has 0 saturated carbocycles. The SMILES string of the molecule is CCNC(=NCc1ccc([N+](=O)[O-])cc1)NC(C)c1ccc(C)c(F)c1.I. The van der Waals surface area contributed by atoms with Crippen LogP contribution in [-0.2, 0) is 6.54 Å². The highest BCUT2D eigenvalue weighted by Gasteiger charge is 2.10. The lowest BCUT2D eigenvalue weighted by Gasteiger charge is -2.18. The van der Waals surface area contributed by atoms with Crippen molar-refractivity contribution in [3.63, 3.8) is 0 Å². The Morgan fingerprint density at radius 3 is 2.48 bits per heavy atom. The second-order valence-corrected chi connectivity index (χ2v) is 5.99. The van der Waals surface area contributed by atoms with Crippen molar-refractivity contribution in [2.24, 2.45) is 4.99 Å². The zero-order valence-electron chi connectivity index (χ0n) is 15.5. The lowest BCUT2D eigenvalue weighted by molar-refractivity contribution is -0.384. The Morgan fingerprint density at radius 2 is 1.93 bits per heavy atom. The summed E-state index contributed by atoms with van der Waals surface area (Å²) in [5.41, 5.74) is 2.35. The molecule has 0 aliphatic rings. The van der Waals surface area contributed by atoms with Crippen LogP contribution in [0.3, 0.4) is 0 Å². The molecule has 0 saturated heterocycles. The molecule has 0 bridgehead atoms. The molecule has 0 radical (unpaired) electrons. The first-order chi connectivity index (χ1) is 12.4. The van der Waals surface area contributed by atoms with Gasteiger partial charge in [-0.1, -0.05) is 24.3 Å². The quantitative estimate of drug-likeness (QED) is 0.208. The van der Waals surface area contributed by atoms with Gasteiger partial charge in [-0.3, -0.25) is 10.1 Å². The van der Waals surface area contributed by atoms with Gasteiger partial charge in [0.1, 0.15) is 5.82 Å². The largest absolute Gasteiger partial charge is 0.357 e. The summed E-state index contributed by atoms with van der Waals surface area (Å²) in [6.45, 7) is 6.68. The topological polar surface area (TPSA) is 79.6 Å². The number of benzene rings is 2. The number of halogens is 2. The highest BCUT2D eigenvalue weighted by Crippen LogP contribution is 2.16. The summed E-state index contributed by atoms with van der Waals surface area (Å²) in [5.74, 6) is 0.364. The third-order valence-electron chi connectivity index (χ3n) is 3.96. The molecule has 2 aromatic rings. The minimum absolute atomic E-state index is 0. The van der Waals surface area contributed by atoms with Crippen molar-refractivity contribution in [2.75, 3.05) is 6.54 Å². The predicted octanol–water partition coefficient (Wildman–Crippen LogP) is 4.48. The summed E-state index contributed by atoms with van der Waals surface area (Å²) in [4.78, 5) is 14.8. The van der Waals surface area contributed by atoms with Crippen molar-refractivity contribution in [3.05, 3.63) is 75.1 Å². The van der Waals surface area contributed by atoms with E-state index < -0.39 is 4.92 Å². The minimum Gasteiger partial charge on any atom is -0.357 e. The number of hydrogen-bond acceptors (Lipinski definition) is 3. The molecule has 1 atom stereocenters. The van der Waals surface area contributed by atoms with Crippen LogP contribution < -0.4 is 10.6 Å². The van der Waals surface area contributed by atoms with E-state index in [9.17, 15) is 14.5 Å². The second-order valence-electron chi connectivity index (χ2n) is 5.99. The third kappa shape index (κ3) is 6.78. The summed E-state index contributed by atoms with van der Waals surface area (Å²) in [5, 5.41) is 17.1. The Kier molecular flexibility index (Phi) is 9.13. The van der Waals surface area contributed by atoms with Gasteiger partial charge in [-0.15, -0.1) is 24.0 Å². The molecule has 0 amide bonds. The van der Waals surface area contributed by atoms with E-state index in [1.165, 1.54) is 18.2 Å². The second kappa shape index (κ2) is 10.8. The number of nitro benzene ring substituents is 1. The lowest BCUT2D eigenvalue weighted by Crippen LogP contribution is -2.38. The maximum absolute atomic E-state index is 13.8. The van der Waals surface area contributed by atoms with Gasteiger partial charge in [-0.05, 0) is 43.5 Å². The Morgan fingerprint density at radius 1 is 1.26 bits per heavy atom. The van der Waals surface area contributed by atoms with Gasteiger partial charge in [0, 0.05) is 18.7 Å². The van der Waals surface area contributed by atoms with Crippen LogP contribution in [0.4, 0.5) is 10.1 Å². The number of guanidine groups is 1. The maximum Gasteiger partial charge on any atom is 0.269 e. The van der Waals surface area contributed by atoms with Crippen LogP contribution in [-0.4, -0.2) is 17.4 Å². The van der Waals surface area contributed by atoms with Crippen LogP contribution >= 0.6 is 24.0 Å². The van der Waals surface area contributed by atoms with E-state index in [0.29, 0.717) is 24.6 Å². The van der Waals surface area contributed by atoms with Crippen LogP contribution in [0.25, 0.3) is 0 Å². The van der Waals surface area contributed by atoms with Gasteiger partial charge in [0.15, 0.2) is 5.96 Å². The Bertz CT molecular complexity index is 797. The standard InChI is InChI=1S/C19H23FN4O2.HI/c1-4-21-19(22-12-15-6-9-17(10-7-15)24(25)26)23-14(3)16-8-5-13(2)18(20)11-16;/h5-11,14H,4,12H2,1-3H3,(H2,21,22,23);1H. The van der Waals surface area contributed by atoms with Gasteiger partial charge in [0.2, 0.25) is 0 Å². The Labute approximate surface area is 175 Å². The van der Waals surface area contributed by atoms with Gasteiger partial charge in [0.25, 0.3) is 5.69 Å². The molecule has 1 unspecified atom stereocenters. The zero-order chi connectivity index (χ0) is 19.1. The molecular weight excluding hydrogens is 462 g/mol. The van der Waals surface area contributed by atoms with Crippen molar-refractivity contribution in [2.45, 2.75) is 33.4 Å². The molecule has 0 heterocycles. The molecule has 0 aliphatic heterocycles. The number of aryl methyl sites for hydroxylation is 1. The highest BCUT2D eigenvalue weighted by atomic mass is 127. The fourth-order valence-electron chi connectivity index (χ4n) is 2.38. The molecule has 0 fully saturated rings. The van der Waals surface area contributed by atoms with E-state index in [1.54, 1.807) is 25.1 Å². The van der Waals surface area contributed by atoms with E-state index in [-0.39, 0.29) is 41.5 Å². The van der Waals surface area contributed by atoms with Gasteiger partial charge in [-0.2, -0.15) is 0 Å². The normalized spacial score (nSPS) is 12.1. The predicted molar refractivity (Wildman–Crippen MR) is 116 cm³/mol. The van der Waals surface area contributed by atoms with Gasteiger partial charge in [-0.25, -0.2) is 9.38 Å². The summed E-state index contributed by atoms with van der Waals surface area (Å²) in [6.07, 6.45) is 0. The van der Waals surface area contributed by atoms with Crippen LogP contribution in [0, 0.1) is 22.9 Å². The van der Waals surface area contributed by atoms with E-state index in [1.807, 2.05) is 19.9 Å². The van der Waals surface area contributed by atoms with Crippen LogP contribution in [0.15, 0.2) is 47.5 Å². The van der Waals surface area contributed by atoms with Gasteiger partial charge in [0.05, 0.1) is 17.5 Å². The smallest absolute Gasteiger partial charge is 0.269 e. The number of rotatable bonds is 6. The molecule has 146 valence electrons. The van der Waals surface area contributed by atoms with E-state index in [0.717, 1.165) is 11.1 Å². The van der Waals surface area contributed by atoms with Crippen LogP contribution in [0.5, 0.6) is 0 Å². The number of nitrogens with zero attached hydrogens (tertiary/aromatic N) is 2. The number of nitro groups is 1. The molecule has 8 heteroatoms. The van der Waals surface area contributed by atoms with Crippen molar-refractivity contribution >= 4 is 35.6 Å². The van der Waals surface area contributed by atoms with E-state index in [2.05, 4.69) is 15.6 Å². The molecule has 2 N–H and O–H groups in total. The molecule has 27 heavy (non-hydrogen) atoms. The van der Waals surface area contributed by atoms with Crippen molar-refractivity contribution in [3.8, 4) is 0 Å². The maximum atomic E-state index is 13.8. The monoisotopic (exact) mass is 486 g/mol.